The van der Waals surface area contributed by atoms with Gasteiger partial charge in [-0.1, -0.05) is 32.0 Å². The molecule has 0 atom stereocenters. The first-order valence-electron chi connectivity index (χ1n) is 8.11. The van der Waals surface area contributed by atoms with E-state index in [9.17, 15) is 22.8 Å². The molecule has 3 rings (SSSR count). The minimum absolute atomic E-state index is 0.00567. The van der Waals surface area contributed by atoms with Crippen molar-refractivity contribution in [1.82, 2.24) is 0 Å². The number of hydrogen-bond acceptors (Lipinski definition) is 5. The van der Waals surface area contributed by atoms with Crippen molar-refractivity contribution in [3.8, 4) is 0 Å². The molecule has 0 radical (unpaired) electrons. The second-order valence-electron chi connectivity index (χ2n) is 7.22. The van der Waals surface area contributed by atoms with Crippen molar-refractivity contribution in [3.05, 3.63) is 29.3 Å². The summed E-state index contributed by atoms with van der Waals surface area (Å²) in [5.41, 5.74) is 0.210. The zero-order valence-electron chi connectivity index (χ0n) is 13.8. The molecule has 0 amide bonds. The molecule has 1 aromatic rings. The highest BCUT2D eigenvalue weighted by molar-refractivity contribution is 7.91. The van der Waals surface area contributed by atoms with Crippen molar-refractivity contribution < 1.29 is 22.8 Å². The Morgan fingerprint density at radius 3 is 2.38 bits per heavy atom. The van der Waals surface area contributed by atoms with Crippen molar-refractivity contribution in [1.29, 1.82) is 0 Å². The van der Waals surface area contributed by atoms with E-state index in [-0.39, 0.29) is 34.5 Å². The van der Waals surface area contributed by atoms with Gasteiger partial charge in [0.05, 0.1) is 10.6 Å². The van der Waals surface area contributed by atoms with Crippen LogP contribution in [-0.4, -0.2) is 31.5 Å². The van der Waals surface area contributed by atoms with Gasteiger partial charge in [0.25, 0.3) is 0 Å². The highest BCUT2D eigenvalue weighted by Gasteiger charge is 2.42. The predicted molar refractivity (Wildman–Crippen MR) is 87.8 cm³/mol. The number of carbonyl (C=O) groups is 3. The van der Waals surface area contributed by atoms with Crippen LogP contribution in [0.1, 0.15) is 55.5 Å². The Hall–Kier alpha value is -1.82. The average Bonchev–Trinajstić information content (AvgIpc) is 2.51. The van der Waals surface area contributed by atoms with Crippen molar-refractivity contribution >= 4 is 27.2 Å². The zero-order valence-corrected chi connectivity index (χ0v) is 14.6. The van der Waals surface area contributed by atoms with Crippen molar-refractivity contribution in [2.24, 2.45) is 5.92 Å². The lowest BCUT2D eigenvalue weighted by atomic mass is 9.78. The second-order valence-corrected chi connectivity index (χ2v) is 9.26. The van der Waals surface area contributed by atoms with Gasteiger partial charge >= 0.3 is 0 Å². The fourth-order valence-electron chi connectivity index (χ4n) is 3.58. The Labute approximate surface area is 141 Å². The first-order chi connectivity index (χ1) is 11.1. The number of ketones is 3. The molecule has 0 unspecified atom stereocenters. The first kappa shape index (κ1) is 17.0. The normalized spacial score (nSPS) is 22.9. The van der Waals surface area contributed by atoms with E-state index < -0.39 is 33.1 Å². The quantitative estimate of drug-likeness (QED) is 0.604. The molecule has 2 aliphatic rings. The van der Waals surface area contributed by atoms with Crippen LogP contribution in [0.5, 0.6) is 0 Å². The van der Waals surface area contributed by atoms with Gasteiger partial charge in [0.15, 0.2) is 27.2 Å². The summed E-state index contributed by atoms with van der Waals surface area (Å²) in [5.74, 6) is -2.85. The van der Waals surface area contributed by atoms with E-state index in [1.54, 1.807) is 12.1 Å². The molecule has 1 aromatic carbocycles. The maximum absolute atomic E-state index is 12.9. The summed E-state index contributed by atoms with van der Waals surface area (Å²) < 4.78 is 25.2. The second kappa shape index (κ2) is 5.62. The van der Waals surface area contributed by atoms with Crippen molar-refractivity contribution in [2.45, 2.75) is 49.8 Å². The topological polar surface area (TPSA) is 85.3 Å². The average molecular weight is 348 g/mol. The Morgan fingerprint density at radius 2 is 1.75 bits per heavy atom. The van der Waals surface area contributed by atoms with Gasteiger partial charge in [-0.15, -0.1) is 0 Å². The summed E-state index contributed by atoms with van der Waals surface area (Å²) in [4.78, 5) is 37.1. The third-order valence-electron chi connectivity index (χ3n) is 5.07. The van der Waals surface area contributed by atoms with Crippen LogP contribution in [0.2, 0.25) is 0 Å². The van der Waals surface area contributed by atoms with Crippen LogP contribution >= 0.6 is 0 Å². The lowest BCUT2D eigenvalue weighted by Crippen LogP contribution is -2.37. The van der Waals surface area contributed by atoms with E-state index >= 15 is 0 Å². The number of hydrogen-bond donors (Lipinski definition) is 0. The maximum Gasteiger partial charge on any atom is 0.182 e. The minimum atomic E-state index is -3.61. The number of fused-ring (bicyclic) bond motifs is 1. The van der Waals surface area contributed by atoms with Crippen molar-refractivity contribution in [2.75, 3.05) is 5.75 Å². The molecule has 1 heterocycles. The smallest absolute Gasteiger partial charge is 0.182 e. The molecule has 128 valence electrons. The molecular weight excluding hydrogens is 328 g/mol. The van der Waals surface area contributed by atoms with Gasteiger partial charge in [0, 0.05) is 18.4 Å². The fourth-order valence-corrected chi connectivity index (χ4v) is 5.74. The molecule has 1 fully saturated rings. The minimum Gasteiger partial charge on any atom is -0.298 e. The Balaban J connectivity index is 2.18. The lowest BCUT2D eigenvalue weighted by Gasteiger charge is -2.33. The van der Waals surface area contributed by atoms with Gasteiger partial charge in [0.1, 0.15) is 5.92 Å². The van der Waals surface area contributed by atoms with Crippen LogP contribution in [0, 0.1) is 5.92 Å². The molecule has 6 heteroatoms. The number of sulfone groups is 1. The molecule has 0 saturated heterocycles. The SMILES string of the molecule is CC1(C)CCS(=O)(=O)c2c(C(=O)C3C(=O)CCCC3=O)cccc21. The first-order valence-corrected chi connectivity index (χ1v) is 9.76. The lowest BCUT2D eigenvalue weighted by molar-refractivity contribution is -0.133. The number of benzene rings is 1. The van der Waals surface area contributed by atoms with Gasteiger partial charge < -0.3 is 0 Å². The molecule has 1 aliphatic carbocycles. The Morgan fingerprint density at radius 1 is 1.12 bits per heavy atom. The fraction of sp³-hybridized carbons (Fsp3) is 0.500. The maximum atomic E-state index is 12.9. The van der Waals surface area contributed by atoms with Gasteiger partial charge in [-0.3, -0.25) is 14.4 Å². The number of carbonyl (C=O) groups excluding carboxylic acids is 3. The molecule has 0 bridgehead atoms. The van der Waals surface area contributed by atoms with Crippen LogP contribution in [0.4, 0.5) is 0 Å². The van der Waals surface area contributed by atoms with Crippen LogP contribution in [0.15, 0.2) is 23.1 Å². The zero-order chi connectivity index (χ0) is 17.7. The van der Waals surface area contributed by atoms with Crippen LogP contribution < -0.4 is 0 Å². The Bertz CT molecular complexity index is 832. The van der Waals surface area contributed by atoms with Crippen LogP contribution in [0.3, 0.4) is 0 Å². The number of Topliss-reactive ketones (excluding diaryl/α,β-unsaturated/α-hetero) is 3. The van der Waals surface area contributed by atoms with Gasteiger partial charge in [-0.05, 0) is 23.8 Å². The largest absolute Gasteiger partial charge is 0.298 e. The van der Waals surface area contributed by atoms with E-state index in [2.05, 4.69) is 0 Å². The molecule has 5 nitrogen and oxygen atoms in total. The molecular formula is C18H20O5S. The Kier molecular flexibility index (Phi) is 3.98. The van der Waals surface area contributed by atoms with Crippen LogP contribution in [-0.2, 0) is 24.8 Å². The highest BCUT2D eigenvalue weighted by Crippen LogP contribution is 2.40. The monoisotopic (exact) mass is 348 g/mol. The van der Waals surface area contributed by atoms with E-state index in [1.165, 1.54) is 6.07 Å². The van der Waals surface area contributed by atoms with Gasteiger partial charge in [0.2, 0.25) is 0 Å². The standard InChI is InChI=1S/C18H20O5S/c1-18(2)9-10-24(22,23)17-11(5-3-6-12(17)18)16(21)15-13(19)7-4-8-14(15)20/h3,5-6,15H,4,7-10H2,1-2H3. The van der Waals surface area contributed by atoms with E-state index in [0.29, 0.717) is 18.4 Å². The third kappa shape index (κ3) is 2.62. The molecule has 1 saturated carbocycles. The van der Waals surface area contributed by atoms with Crippen LogP contribution in [0.25, 0.3) is 0 Å². The molecule has 0 aromatic heterocycles. The summed E-state index contributed by atoms with van der Waals surface area (Å²) in [5, 5.41) is 0. The van der Waals surface area contributed by atoms with E-state index in [0.717, 1.165) is 0 Å². The van der Waals surface area contributed by atoms with Gasteiger partial charge in [-0.2, -0.15) is 0 Å². The molecule has 1 aliphatic heterocycles. The van der Waals surface area contributed by atoms with Crippen molar-refractivity contribution in [3.63, 3.8) is 0 Å². The summed E-state index contributed by atoms with van der Waals surface area (Å²) in [6.07, 6.45) is 1.31. The third-order valence-corrected chi connectivity index (χ3v) is 6.87. The number of rotatable bonds is 2. The van der Waals surface area contributed by atoms with Gasteiger partial charge in [-0.25, -0.2) is 8.42 Å². The molecule has 24 heavy (non-hydrogen) atoms. The summed E-state index contributed by atoms with van der Waals surface area (Å²) in [7, 11) is -3.61. The molecule has 0 spiro atoms. The van der Waals surface area contributed by atoms with E-state index in [4.69, 9.17) is 0 Å². The summed E-state index contributed by atoms with van der Waals surface area (Å²) in [6.45, 7) is 3.87. The molecule has 0 N–H and O–H groups in total. The van der Waals surface area contributed by atoms with E-state index in [1.807, 2.05) is 13.8 Å². The summed E-state index contributed by atoms with van der Waals surface area (Å²) in [6, 6.07) is 4.77. The highest BCUT2D eigenvalue weighted by atomic mass is 32.2. The predicted octanol–water partition coefficient (Wildman–Crippen LogP) is 2.26. The summed E-state index contributed by atoms with van der Waals surface area (Å²) >= 11 is 0.